The van der Waals surface area contributed by atoms with Gasteiger partial charge in [-0.2, -0.15) is 4.37 Å². The highest BCUT2D eigenvalue weighted by molar-refractivity contribution is 7.09. The molecule has 2 atom stereocenters. The molecule has 0 bridgehead atoms. The Labute approximate surface area is 113 Å². The predicted molar refractivity (Wildman–Crippen MR) is 75.1 cm³/mol. The molecule has 2 saturated carbocycles. The first-order chi connectivity index (χ1) is 8.83. The second-order valence-corrected chi connectivity index (χ2v) is 6.22. The predicted octanol–water partition coefficient (Wildman–Crippen LogP) is 2.37. The summed E-state index contributed by atoms with van der Waals surface area (Å²) in [6.45, 7) is 4.03. The first-order valence-electron chi connectivity index (χ1n) is 7.13. The van der Waals surface area contributed by atoms with Gasteiger partial charge in [0, 0.05) is 30.0 Å². The van der Waals surface area contributed by atoms with Crippen molar-refractivity contribution in [3.63, 3.8) is 0 Å². The molecule has 0 amide bonds. The first kappa shape index (κ1) is 12.4. The topological polar surface area (TPSA) is 55.0 Å². The van der Waals surface area contributed by atoms with Gasteiger partial charge in [-0.3, -0.25) is 0 Å². The third-order valence-electron chi connectivity index (χ3n) is 4.28. The summed E-state index contributed by atoms with van der Waals surface area (Å²) in [5, 5.41) is 1.12. The molecule has 2 aliphatic rings. The summed E-state index contributed by atoms with van der Waals surface area (Å²) in [6.07, 6.45) is 6.38. The van der Waals surface area contributed by atoms with E-state index in [9.17, 15) is 0 Å². The van der Waals surface area contributed by atoms with Crippen molar-refractivity contribution in [3.05, 3.63) is 5.82 Å². The van der Waals surface area contributed by atoms with Crippen LogP contribution in [0.3, 0.4) is 0 Å². The van der Waals surface area contributed by atoms with Gasteiger partial charge in [0.15, 0.2) is 0 Å². The lowest BCUT2D eigenvalue weighted by Crippen LogP contribution is -2.40. The van der Waals surface area contributed by atoms with Gasteiger partial charge in [0.2, 0.25) is 5.13 Å². The summed E-state index contributed by atoms with van der Waals surface area (Å²) in [7, 11) is 0. The summed E-state index contributed by atoms with van der Waals surface area (Å²) in [6, 6.07) is 0.583. The number of rotatable bonds is 5. The molecular weight excluding hydrogens is 244 g/mol. The molecule has 0 spiro atoms. The number of nitrogens with two attached hydrogens (primary N) is 1. The van der Waals surface area contributed by atoms with Gasteiger partial charge < -0.3 is 10.6 Å². The van der Waals surface area contributed by atoms with Crippen molar-refractivity contribution in [2.75, 3.05) is 18.0 Å². The van der Waals surface area contributed by atoms with Gasteiger partial charge in [0.1, 0.15) is 5.82 Å². The van der Waals surface area contributed by atoms with Crippen LogP contribution in [-0.2, 0) is 0 Å². The summed E-state index contributed by atoms with van der Waals surface area (Å²) < 4.78 is 4.53. The highest BCUT2D eigenvalue weighted by Gasteiger charge is 2.33. The summed E-state index contributed by atoms with van der Waals surface area (Å²) in [5.41, 5.74) is 5.90. The lowest BCUT2D eigenvalue weighted by atomic mass is 10.0. The molecule has 2 aliphatic carbocycles. The molecular formula is C13H22N4S. The zero-order valence-electron chi connectivity index (χ0n) is 11.0. The van der Waals surface area contributed by atoms with Crippen molar-refractivity contribution in [2.45, 2.75) is 51.0 Å². The van der Waals surface area contributed by atoms with E-state index in [0.29, 0.717) is 17.9 Å². The van der Waals surface area contributed by atoms with E-state index < -0.39 is 0 Å². The summed E-state index contributed by atoms with van der Waals surface area (Å²) in [4.78, 5) is 7.19. The second kappa shape index (κ2) is 5.13. The standard InChI is InChI=1S/C13H22N4S/c1-2-17(11-5-3-4-10(11)8-14)13-15-12(16-18-13)9-6-7-9/h9-11H,2-8,14H2,1H3. The quantitative estimate of drug-likeness (QED) is 0.889. The van der Waals surface area contributed by atoms with Gasteiger partial charge in [-0.1, -0.05) is 6.42 Å². The molecule has 3 rings (SSSR count). The number of aromatic nitrogens is 2. The highest BCUT2D eigenvalue weighted by Crippen LogP contribution is 2.40. The zero-order chi connectivity index (χ0) is 12.5. The molecule has 0 radical (unpaired) electrons. The first-order valence-corrected chi connectivity index (χ1v) is 7.91. The lowest BCUT2D eigenvalue weighted by Gasteiger charge is -2.31. The van der Waals surface area contributed by atoms with Crippen LogP contribution in [0.4, 0.5) is 5.13 Å². The van der Waals surface area contributed by atoms with Crippen LogP contribution < -0.4 is 10.6 Å². The smallest absolute Gasteiger partial charge is 0.205 e. The van der Waals surface area contributed by atoms with Crippen LogP contribution in [0.25, 0.3) is 0 Å². The Bertz CT molecular complexity index is 401. The van der Waals surface area contributed by atoms with E-state index in [1.54, 1.807) is 11.5 Å². The third-order valence-corrected chi connectivity index (χ3v) is 5.05. The van der Waals surface area contributed by atoms with Crippen molar-refractivity contribution in [2.24, 2.45) is 11.7 Å². The van der Waals surface area contributed by atoms with Crippen molar-refractivity contribution >= 4 is 16.7 Å². The molecule has 0 aliphatic heterocycles. The van der Waals surface area contributed by atoms with Crippen LogP contribution in [0.15, 0.2) is 0 Å². The minimum atomic E-state index is 0.583. The van der Waals surface area contributed by atoms with Gasteiger partial charge in [-0.25, -0.2) is 4.98 Å². The van der Waals surface area contributed by atoms with Crippen LogP contribution in [0.5, 0.6) is 0 Å². The largest absolute Gasteiger partial charge is 0.344 e. The Morgan fingerprint density at radius 1 is 1.33 bits per heavy atom. The number of hydrogen-bond donors (Lipinski definition) is 1. The van der Waals surface area contributed by atoms with E-state index in [1.807, 2.05) is 0 Å². The summed E-state index contributed by atoms with van der Waals surface area (Å²) >= 11 is 1.57. The molecule has 2 unspecified atom stereocenters. The van der Waals surface area contributed by atoms with Gasteiger partial charge in [-0.15, -0.1) is 0 Å². The molecule has 2 fully saturated rings. The average Bonchev–Trinajstić information content (AvgIpc) is 2.95. The third kappa shape index (κ3) is 2.26. The van der Waals surface area contributed by atoms with Gasteiger partial charge in [-0.05, 0) is 45.1 Å². The van der Waals surface area contributed by atoms with Gasteiger partial charge >= 0.3 is 0 Å². The summed E-state index contributed by atoms with van der Waals surface area (Å²) in [5.74, 6) is 2.37. The monoisotopic (exact) mass is 266 g/mol. The van der Waals surface area contributed by atoms with Crippen LogP contribution in [0.1, 0.15) is 50.8 Å². The molecule has 100 valence electrons. The maximum Gasteiger partial charge on any atom is 0.205 e. The van der Waals surface area contributed by atoms with Crippen LogP contribution >= 0.6 is 11.5 Å². The normalized spacial score (nSPS) is 27.7. The van der Waals surface area contributed by atoms with E-state index in [2.05, 4.69) is 16.2 Å². The number of anilines is 1. The highest BCUT2D eigenvalue weighted by atomic mass is 32.1. The minimum absolute atomic E-state index is 0.583. The van der Waals surface area contributed by atoms with E-state index in [4.69, 9.17) is 10.7 Å². The van der Waals surface area contributed by atoms with Crippen molar-refractivity contribution in [1.29, 1.82) is 0 Å². The Morgan fingerprint density at radius 2 is 2.17 bits per heavy atom. The van der Waals surface area contributed by atoms with E-state index in [0.717, 1.165) is 24.0 Å². The van der Waals surface area contributed by atoms with Crippen LogP contribution in [0.2, 0.25) is 0 Å². The fourth-order valence-corrected chi connectivity index (χ4v) is 3.93. The Kier molecular flexibility index (Phi) is 3.52. The molecule has 1 aromatic heterocycles. The average molecular weight is 266 g/mol. The van der Waals surface area contributed by atoms with E-state index in [1.165, 1.54) is 32.1 Å². The molecule has 18 heavy (non-hydrogen) atoms. The van der Waals surface area contributed by atoms with E-state index in [-0.39, 0.29) is 0 Å². The lowest BCUT2D eigenvalue weighted by molar-refractivity contribution is 0.461. The van der Waals surface area contributed by atoms with Crippen molar-refractivity contribution in [1.82, 2.24) is 9.36 Å². The maximum absolute atomic E-state index is 5.90. The molecule has 0 saturated heterocycles. The minimum Gasteiger partial charge on any atom is -0.344 e. The van der Waals surface area contributed by atoms with Gasteiger partial charge in [0.25, 0.3) is 0 Å². The molecule has 2 N–H and O–H groups in total. The number of hydrogen-bond acceptors (Lipinski definition) is 5. The van der Waals surface area contributed by atoms with E-state index >= 15 is 0 Å². The fraction of sp³-hybridized carbons (Fsp3) is 0.846. The Morgan fingerprint density at radius 3 is 2.83 bits per heavy atom. The SMILES string of the molecule is CCN(c1nc(C2CC2)ns1)C1CCCC1CN. The van der Waals surface area contributed by atoms with Crippen molar-refractivity contribution in [3.8, 4) is 0 Å². The maximum atomic E-state index is 5.90. The van der Waals surface area contributed by atoms with Crippen LogP contribution in [0, 0.1) is 5.92 Å². The second-order valence-electron chi connectivity index (χ2n) is 5.49. The molecule has 5 heteroatoms. The number of nitrogens with zero attached hydrogens (tertiary/aromatic N) is 3. The molecule has 1 heterocycles. The Balaban J connectivity index is 1.77. The molecule has 1 aromatic rings. The van der Waals surface area contributed by atoms with Gasteiger partial charge in [0.05, 0.1) is 0 Å². The van der Waals surface area contributed by atoms with Crippen LogP contribution in [-0.4, -0.2) is 28.5 Å². The Hall–Kier alpha value is -0.680. The van der Waals surface area contributed by atoms with Crippen molar-refractivity contribution < 1.29 is 0 Å². The fourth-order valence-electron chi connectivity index (χ4n) is 3.06. The molecule has 0 aromatic carbocycles. The zero-order valence-corrected chi connectivity index (χ0v) is 11.8. The molecule has 4 nitrogen and oxygen atoms in total.